The molecule has 1 fully saturated rings. The van der Waals surface area contributed by atoms with Gasteiger partial charge in [-0.25, -0.2) is 4.79 Å². The predicted octanol–water partition coefficient (Wildman–Crippen LogP) is 2.30. The van der Waals surface area contributed by atoms with Gasteiger partial charge in [-0.05, 0) is 37.1 Å². The minimum Gasteiger partial charge on any atom is -0.491 e. The SMILES string of the molecule is CCC1(CC)NC(=O)N(C[C@H](O)COc2ccc(Br)cc2)C1=O. The maximum Gasteiger partial charge on any atom is 0.325 e. The van der Waals surface area contributed by atoms with Crippen LogP contribution in [0.5, 0.6) is 5.75 Å². The normalized spacial score (nSPS) is 18.0. The Morgan fingerprint density at radius 3 is 2.39 bits per heavy atom. The van der Waals surface area contributed by atoms with Gasteiger partial charge in [-0.1, -0.05) is 29.8 Å². The van der Waals surface area contributed by atoms with E-state index in [1.807, 2.05) is 26.0 Å². The standard InChI is InChI=1S/C16H21BrN2O4/c1-3-16(4-2)14(21)19(15(22)18-16)9-12(20)10-23-13-7-5-11(17)6-8-13/h5-8,12,20H,3-4,9-10H2,1-2H3,(H,18,22)/t12-/m0/s1. The molecule has 0 unspecified atom stereocenters. The number of amides is 3. The molecule has 0 aliphatic carbocycles. The van der Waals surface area contributed by atoms with Crippen LogP contribution in [0.1, 0.15) is 26.7 Å². The lowest BCUT2D eigenvalue weighted by molar-refractivity contribution is -0.132. The molecule has 23 heavy (non-hydrogen) atoms. The number of halogens is 1. The van der Waals surface area contributed by atoms with Crippen molar-refractivity contribution < 1.29 is 19.4 Å². The molecule has 6 nitrogen and oxygen atoms in total. The summed E-state index contributed by atoms with van der Waals surface area (Å²) >= 11 is 3.33. The van der Waals surface area contributed by atoms with Crippen LogP contribution in [0, 0.1) is 0 Å². The highest BCUT2D eigenvalue weighted by atomic mass is 79.9. The van der Waals surface area contributed by atoms with Crippen molar-refractivity contribution in [3.05, 3.63) is 28.7 Å². The van der Waals surface area contributed by atoms with E-state index in [0.717, 1.165) is 9.37 Å². The summed E-state index contributed by atoms with van der Waals surface area (Å²) in [5.41, 5.74) is -0.844. The maximum absolute atomic E-state index is 12.4. The molecule has 0 saturated carbocycles. The number of β-amino-alcohol motifs (C(OH)–C–C–N with tert-alkyl or cyclic N) is 1. The van der Waals surface area contributed by atoms with E-state index in [2.05, 4.69) is 21.2 Å². The van der Waals surface area contributed by atoms with E-state index in [4.69, 9.17) is 4.74 Å². The van der Waals surface area contributed by atoms with E-state index in [0.29, 0.717) is 18.6 Å². The Hall–Kier alpha value is -1.60. The van der Waals surface area contributed by atoms with E-state index in [1.54, 1.807) is 12.1 Å². The van der Waals surface area contributed by atoms with Crippen LogP contribution < -0.4 is 10.1 Å². The van der Waals surface area contributed by atoms with Crippen LogP contribution in [-0.2, 0) is 4.79 Å². The Balaban J connectivity index is 1.92. The Morgan fingerprint density at radius 2 is 1.87 bits per heavy atom. The third-order valence-electron chi connectivity index (χ3n) is 4.10. The fourth-order valence-corrected chi connectivity index (χ4v) is 2.82. The summed E-state index contributed by atoms with van der Waals surface area (Å²) in [6.07, 6.45) is 0.101. The lowest BCUT2D eigenvalue weighted by Crippen LogP contribution is -2.46. The van der Waals surface area contributed by atoms with Gasteiger partial charge < -0.3 is 15.2 Å². The van der Waals surface area contributed by atoms with Gasteiger partial charge in [0.2, 0.25) is 0 Å². The monoisotopic (exact) mass is 384 g/mol. The Morgan fingerprint density at radius 1 is 1.26 bits per heavy atom. The molecular formula is C16H21BrN2O4. The minimum atomic E-state index is -0.946. The number of rotatable bonds is 7. The molecule has 0 aromatic heterocycles. The maximum atomic E-state index is 12.4. The average molecular weight is 385 g/mol. The van der Waals surface area contributed by atoms with Gasteiger partial charge >= 0.3 is 6.03 Å². The van der Waals surface area contributed by atoms with E-state index in [9.17, 15) is 14.7 Å². The van der Waals surface area contributed by atoms with Gasteiger partial charge in [0.25, 0.3) is 5.91 Å². The summed E-state index contributed by atoms with van der Waals surface area (Å²) in [6, 6.07) is 6.74. The van der Waals surface area contributed by atoms with Gasteiger partial charge in [0.1, 0.15) is 24.0 Å². The van der Waals surface area contributed by atoms with Crippen LogP contribution in [0.15, 0.2) is 28.7 Å². The number of nitrogens with zero attached hydrogens (tertiary/aromatic N) is 1. The van der Waals surface area contributed by atoms with Crippen molar-refractivity contribution in [1.82, 2.24) is 10.2 Å². The molecule has 1 atom stereocenters. The third kappa shape index (κ3) is 3.84. The van der Waals surface area contributed by atoms with Crippen LogP contribution >= 0.6 is 15.9 Å². The number of hydrogen-bond donors (Lipinski definition) is 2. The highest BCUT2D eigenvalue weighted by Crippen LogP contribution is 2.25. The van der Waals surface area contributed by atoms with E-state index in [-0.39, 0.29) is 19.1 Å². The van der Waals surface area contributed by atoms with E-state index in [1.165, 1.54) is 0 Å². The van der Waals surface area contributed by atoms with Gasteiger partial charge in [0.15, 0.2) is 0 Å². The number of hydrogen-bond acceptors (Lipinski definition) is 4. The van der Waals surface area contributed by atoms with E-state index < -0.39 is 17.7 Å². The molecule has 1 aromatic rings. The van der Waals surface area contributed by atoms with Crippen LogP contribution in [0.25, 0.3) is 0 Å². The lowest BCUT2D eigenvalue weighted by Gasteiger charge is -2.23. The summed E-state index contributed by atoms with van der Waals surface area (Å²) in [6.45, 7) is 3.64. The van der Waals surface area contributed by atoms with Crippen molar-refractivity contribution in [2.24, 2.45) is 0 Å². The number of aliphatic hydroxyl groups is 1. The molecule has 0 bridgehead atoms. The molecule has 2 rings (SSSR count). The van der Waals surface area contributed by atoms with Crippen molar-refractivity contribution in [3.63, 3.8) is 0 Å². The second-order valence-electron chi connectivity index (χ2n) is 5.55. The minimum absolute atomic E-state index is 0.00391. The second kappa shape index (κ2) is 7.31. The Kier molecular flexibility index (Phi) is 5.64. The molecule has 126 valence electrons. The van der Waals surface area contributed by atoms with Crippen LogP contribution in [0.2, 0.25) is 0 Å². The summed E-state index contributed by atoms with van der Waals surface area (Å²) in [7, 11) is 0. The van der Waals surface area contributed by atoms with Crippen molar-refractivity contribution in [3.8, 4) is 5.75 Å². The van der Waals surface area contributed by atoms with Crippen molar-refractivity contribution in [2.45, 2.75) is 38.3 Å². The second-order valence-corrected chi connectivity index (χ2v) is 6.47. The first-order valence-corrected chi connectivity index (χ1v) is 8.41. The van der Waals surface area contributed by atoms with Gasteiger partial charge in [0.05, 0.1) is 6.54 Å². The molecule has 1 aliphatic heterocycles. The molecule has 0 radical (unpaired) electrons. The largest absolute Gasteiger partial charge is 0.491 e. The zero-order chi connectivity index (χ0) is 17.0. The summed E-state index contributed by atoms with van der Waals surface area (Å²) in [5.74, 6) is 0.330. The fourth-order valence-electron chi connectivity index (χ4n) is 2.56. The van der Waals surface area contributed by atoms with Crippen molar-refractivity contribution in [2.75, 3.05) is 13.2 Å². The summed E-state index contributed by atoms with van der Waals surface area (Å²) < 4.78 is 6.40. The third-order valence-corrected chi connectivity index (χ3v) is 4.63. The van der Waals surface area contributed by atoms with Crippen LogP contribution in [-0.4, -0.2) is 46.7 Å². The highest BCUT2D eigenvalue weighted by molar-refractivity contribution is 9.10. The number of carbonyl (C=O) groups excluding carboxylic acids is 2. The number of ether oxygens (including phenoxy) is 1. The first kappa shape index (κ1) is 17.7. The molecule has 3 amide bonds. The fraction of sp³-hybridized carbons (Fsp3) is 0.500. The molecule has 1 aliphatic rings. The Labute approximate surface area is 143 Å². The number of urea groups is 1. The average Bonchev–Trinajstić information content (AvgIpc) is 2.79. The Bertz CT molecular complexity index is 572. The topological polar surface area (TPSA) is 78.9 Å². The first-order valence-electron chi connectivity index (χ1n) is 7.62. The van der Waals surface area contributed by atoms with Crippen LogP contribution in [0.4, 0.5) is 4.79 Å². The number of imide groups is 1. The van der Waals surface area contributed by atoms with Gasteiger partial charge in [0, 0.05) is 4.47 Å². The zero-order valence-corrected chi connectivity index (χ0v) is 14.8. The molecule has 1 aromatic carbocycles. The zero-order valence-electron chi connectivity index (χ0n) is 13.2. The first-order chi connectivity index (χ1) is 10.9. The molecule has 1 saturated heterocycles. The number of nitrogens with one attached hydrogen (secondary N) is 1. The molecule has 2 N–H and O–H groups in total. The van der Waals surface area contributed by atoms with Gasteiger partial charge in [-0.3, -0.25) is 9.69 Å². The summed E-state index contributed by atoms with van der Waals surface area (Å²) in [5, 5.41) is 12.8. The lowest BCUT2D eigenvalue weighted by atomic mass is 9.93. The molecule has 7 heteroatoms. The predicted molar refractivity (Wildman–Crippen MR) is 89.2 cm³/mol. The van der Waals surface area contributed by atoms with Crippen LogP contribution in [0.3, 0.4) is 0 Å². The van der Waals surface area contributed by atoms with Crippen molar-refractivity contribution in [1.29, 1.82) is 0 Å². The number of benzene rings is 1. The number of carbonyl (C=O) groups is 2. The highest BCUT2D eigenvalue weighted by Gasteiger charge is 2.48. The van der Waals surface area contributed by atoms with E-state index >= 15 is 0 Å². The molecule has 0 spiro atoms. The van der Waals surface area contributed by atoms with Gasteiger partial charge in [-0.15, -0.1) is 0 Å². The quantitative estimate of drug-likeness (QED) is 0.706. The number of aliphatic hydroxyl groups excluding tert-OH is 1. The summed E-state index contributed by atoms with van der Waals surface area (Å²) in [4.78, 5) is 25.5. The molecule has 1 heterocycles. The van der Waals surface area contributed by atoms with Gasteiger partial charge in [-0.2, -0.15) is 0 Å². The van der Waals surface area contributed by atoms with Crippen molar-refractivity contribution >= 4 is 27.9 Å². The smallest absolute Gasteiger partial charge is 0.325 e. The molecular weight excluding hydrogens is 364 g/mol.